The lowest BCUT2D eigenvalue weighted by atomic mass is 10.1. The maximum Gasteiger partial charge on any atom is 0.193 e. The standard InChI is InChI=1S/C15H17N3.HI/c1-12-7-5-6-8-13(12)11-17-15(16)18-14-9-3-2-4-10-14;/h2-10H,11H2,1H3,(H3,16,17,18);1H. The van der Waals surface area contributed by atoms with Crippen molar-refractivity contribution in [2.24, 2.45) is 10.7 Å². The third-order valence-corrected chi connectivity index (χ3v) is 2.73. The molecule has 0 saturated heterocycles. The van der Waals surface area contributed by atoms with Gasteiger partial charge in [-0.1, -0.05) is 42.5 Å². The quantitative estimate of drug-likeness (QED) is 0.495. The number of rotatable bonds is 3. The second kappa shape index (κ2) is 7.78. The fourth-order valence-corrected chi connectivity index (χ4v) is 1.67. The summed E-state index contributed by atoms with van der Waals surface area (Å²) in [5.41, 5.74) is 9.21. The van der Waals surface area contributed by atoms with E-state index in [1.807, 2.05) is 42.5 Å². The van der Waals surface area contributed by atoms with Gasteiger partial charge in [-0.3, -0.25) is 0 Å². The molecule has 0 aliphatic heterocycles. The number of nitrogens with two attached hydrogens (primary N) is 1. The third kappa shape index (κ3) is 4.90. The Morgan fingerprint density at radius 2 is 1.68 bits per heavy atom. The summed E-state index contributed by atoms with van der Waals surface area (Å²) in [4.78, 5) is 4.33. The lowest BCUT2D eigenvalue weighted by Gasteiger charge is -2.06. The summed E-state index contributed by atoms with van der Waals surface area (Å²) in [6, 6.07) is 18.0. The molecular formula is C15H18IN3. The van der Waals surface area contributed by atoms with Crippen LogP contribution in [0.1, 0.15) is 11.1 Å². The molecule has 2 aromatic rings. The van der Waals surface area contributed by atoms with E-state index >= 15 is 0 Å². The van der Waals surface area contributed by atoms with E-state index in [0.717, 1.165) is 5.69 Å². The number of halogens is 1. The van der Waals surface area contributed by atoms with Gasteiger partial charge in [0.25, 0.3) is 0 Å². The number of nitrogens with one attached hydrogen (secondary N) is 1. The van der Waals surface area contributed by atoms with Gasteiger partial charge >= 0.3 is 0 Å². The van der Waals surface area contributed by atoms with Crippen LogP contribution in [0.25, 0.3) is 0 Å². The predicted octanol–water partition coefficient (Wildman–Crippen LogP) is 3.54. The van der Waals surface area contributed by atoms with Crippen molar-refractivity contribution in [1.29, 1.82) is 0 Å². The van der Waals surface area contributed by atoms with Crippen LogP contribution in [0, 0.1) is 6.92 Å². The molecule has 3 N–H and O–H groups in total. The van der Waals surface area contributed by atoms with E-state index in [2.05, 4.69) is 29.4 Å². The Morgan fingerprint density at radius 1 is 1.05 bits per heavy atom. The van der Waals surface area contributed by atoms with E-state index in [4.69, 9.17) is 5.73 Å². The van der Waals surface area contributed by atoms with Gasteiger partial charge in [0, 0.05) is 5.69 Å². The number of nitrogens with zero attached hydrogens (tertiary/aromatic N) is 1. The summed E-state index contributed by atoms with van der Waals surface area (Å²) in [6.45, 7) is 2.67. The first-order chi connectivity index (χ1) is 8.75. The molecule has 0 spiro atoms. The minimum atomic E-state index is 0. The Balaban J connectivity index is 0.00000180. The number of aryl methyl sites for hydroxylation is 1. The molecule has 19 heavy (non-hydrogen) atoms. The van der Waals surface area contributed by atoms with E-state index in [1.165, 1.54) is 11.1 Å². The predicted molar refractivity (Wildman–Crippen MR) is 92.0 cm³/mol. The second-order valence-electron chi connectivity index (χ2n) is 4.12. The smallest absolute Gasteiger partial charge is 0.193 e. The molecule has 2 rings (SSSR count). The molecule has 4 heteroatoms. The average Bonchev–Trinajstić information content (AvgIpc) is 2.39. The first-order valence-electron chi connectivity index (χ1n) is 5.92. The van der Waals surface area contributed by atoms with Crippen molar-refractivity contribution >= 4 is 35.6 Å². The largest absolute Gasteiger partial charge is 0.370 e. The molecule has 0 bridgehead atoms. The van der Waals surface area contributed by atoms with Crippen LogP contribution in [-0.2, 0) is 6.54 Å². The van der Waals surface area contributed by atoms with E-state index in [-0.39, 0.29) is 24.0 Å². The number of hydrogen-bond acceptors (Lipinski definition) is 1. The highest BCUT2D eigenvalue weighted by Crippen LogP contribution is 2.08. The summed E-state index contributed by atoms with van der Waals surface area (Å²) < 4.78 is 0. The summed E-state index contributed by atoms with van der Waals surface area (Å²) in [5, 5.41) is 3.06. The van der Waals surface area contributed by atoms with Crippen LogP contribution in [0.4, 0.5) is 5.69 Å². The Labute approximate surface area is 131 Å². The lowest BCUT2D eigenvalue weighted by Crippen LogP contribution is -2.22. The number of aliphatic imine (C=N–C) groups is 1. The summed E-state index contributed by atoms with van der Waals surface area (Å²) in [6.07, 6.45) is 0. The molecule has 0 fully saturated rings. The van der Waals surface area contributed by atoms with Crippen LogP contribution in [0.5, 0.6) is 0 Å². The van der Waals surface area contributed by atoms with Gasteiger partial charge in [0.1, 0.15) is 0 Å². The number of guanidine groups is 1. The Hall–Kier alpha value is -1.56. The SMILES string of the molecule is Cc1ccccc1CN=C(N)Nc1ccccc1.I. The van der Waals surface area contributed by atoms with Crippen molar-refractivity contribution in [2.75, 3.05) is 5.32 Å². The fraction of sp³-hybridized carbons (Fsp3) is 0.133. The average molecular weight is 367 g/mol. The molecule has 0 radical (unpaired) electrons. The maximum atomic E-state index is 5.84. The van der Waals surface area contributed by atoms with Gasteiger partial charge in [-0.2, -0.15) is 0 Å². The topological polar surface area (TPSA) is 50.4 Å². The van der Waals surface area contributed by atoms with Crippen LogP contribution in [0.15, 0.2) is 59.6 Å². The molecule has 2 aromatic carbocycles. The number of hydrogen-bond donors (Lipinski definition) is 2. The number of para-hydroxylation sites is 1. The molecule has 0 aliphatic rings. The molecule has 100 valence electrons. The van der Waals surface area contributed by atoms with Crippen LogP contribution >= 0.6 is 24.0 Å². The Bertz CT molecular complexity index is 538. The zero-order valence-corrected chi connectivity index (χ0v) is 13.2. The Morgan fingerprint density at radius 3 is 2.37 bits per heavy atom. The second-order valence-corrected chi connectivity index (χ2v) is 4.12. The molecule has 0 unspecified atom stereocenters. The van der Waals surface area contributed by atoms with Gasteiger partial charge < -0.3 is 11.1 Å². The van der Waals surface area contributed by atoms with Crippen molar-refractivity contribution in [3.63, 3.8) is 0 Å². The van der Waals surface area contributed by atoms with Crippen molar-refractivity contribution in [1.82, 2.24) is 0 Å². The fourth-order valence-electron chi connectivity index (χ4n) is 1.67. The molecule has 0 aromatic heterocycles. The van der Waals surface area contributed by atoms with E-state index in [0.29, 0.717) is 12.5 Å². The third-order valence-electron chi connectivity index (χ3n) is 2.73. The number of anilines is 1. The molecule has 0 atom stereocenters. The maximum absolute atomic E-state index is 5.84. The summed E-state index contributed by atoms with van der Waals surface area (Å²) in [5.74, 6) is 0.435. The number of benzene rings is 2. The summed E-state index contributed by atoms with van der Waals surface area (Å²) >= 11 is 0. The van der Waals surface area contributed by atoms with Crippen LogP contribution < -0.4 is 11.1 Å². The van der Waals surface area contributed by atoms with Crippen molar-refractivity contribution in [2.45, 2.75) is 13.5 Å². The first kappa shape index (κ1) is 15.5. The first-order valence-corrected chi connectivity index (χ1v) is 5.92. The van der Waals surface area contributed by atoms with Crippen LogP contribution in [0.3, 0.4) is 0 Å². The van der Waals surface area contributed by atoms with Gasteiger partial charge in [-0.05, 0) is 30.2 Å². The van der Waals surface area contributed by atoms with Gasteiger partial charge in [0.2, 0.25) is 0 Å². The van der Waals surface area contributed by atoms with Crippen LogP contribution in [-0.4, -0.2) is 5.96 Å². The van der Waals surface area contributed by atoms with Gasteiger partial charge in [0.15, 0.2) is 5.96 Å². The van der Waals surface area contributed by atoms with Gasteiger partial charge in [-0.25, -0.2) is 4.99 Å². The van der Waals surface area contributed by atoms with Crippen molar-refractivity contribution in [3.8, 4) is 0 Å². The molecule has 0 aliphatic carbocycles. The molecule has 0 heterocycles. The highest BCUT2D eigenvalue weighted by atomic mass is 127. The van der Waals surface area contributed by atoms with Crippen molar-refractivity contribution < 1.29 is 0 Å². The zero-order chi connectivity index (χ0) is 12.8. The molecule has 0 saturated carbocycles. The highest BCUT2D eigenvalue weighted by molar-refractivity contribution is 14.0. The van der Waals surface area contributed by atoms with E-state index < -0.39 is 0 Å². The zero-order valence-electron chi connectivity index (χ0n) is 10.8. The van der Waals surface area contributed by atoms with Gasteiger partial charge in [0.05, 0.1) is 6.54 Å². The minimum Gasteiger partial charge on any atom is -0.370 e. The molecule has 0 amide bonds. The minimum absolute atomic E-state index is 0. The Kier molecular flexibility index (Phi) is 6.35. The van der Waals surface area contributed by atoms with Crippen LogP contribution in [0.2, 0.25) is 0 Å². The highest BCUT2D eigenvalue weighted by Gasteiger charge is 1.97. The van der Waals surface area contributed by atoms with Gasteiger partial charge in [-0.15, -0.1) is 24.0 Å². The molecular weight excluding hydrogens is 349 g/mol. The summed E-state index contributed by atoms with van der Waals surface area (Å²) in [7, 11) is 0. The van der Waals surface area contributed by atoms with E-state index in [9.17, 15) is 0 Å². The normalized spacial score (nSPS) is 10.7. The monoisotopic (exact) mass is 367 g/mol. The molecule has 3 nitrogen and oxygen atoms in total. The van der Waals surface area contributed by atoms with E-state index in [1.54, 1.807) is 0 Å². The lowest BCUT2D eigenvalue weighted by molar-refractivity contribution is 1.04. The van der Waals surface area contributed by atoms with Crippen molar-refractivity contribution in [3.05, 3.63) is 65.7 Å².